The van der Waals surface area contributed by atoms with Gasteiger partial charge in [0.2, 0.25) is 0 Å². The van der Waals surface area contributed by atoms with Crippen molar-refractivity contribution < 1.29 is 9.90 Å². The minimum Gasteiger partial charge on any atom is -0.478 e. The average molecular weight is 288 g/mol. The van der Waals surface area contributed by atoms with E-state index < -0.39 is 17.1 Å². The van der Waals surface area contributed by atoms with Crippen LogP contribution in [-0.2, 0) is 6.54 Å². The lowest BCUT2D eigenvalue weighted by Gasteiger charge is -2.38. The molecule has 0 unspecified atom stereocenters. The molecule has 1 aliphatic rings. The molecule has 6 nitrogen and oxygen atoms in total. The lowest BCUT2D eigenvalue weighted by Crippen LogP contribution is -2.41. The van der Waals surface area contributed by atoms with Crippen molar-refractivity contribution in [3.8, 4) is 0 Å². The zero-order valence-corrected chi connectivity index (χ0v) is 11.7. The van der Waals surface area contributed by atoms with Gasteiger partial charge in [-0.3, -0.25) is 9.59 Å². The smallest absolute Gasteiger partial charge is 0.335 e. The summed E-state index contributed by atoms with van der Waals surface area (Å²) in [5.41, 5.74) is -0.235. The summed E-state index contributed by atoms with van der Waals surface area (Å²) in [7, 11) is 0. The number of nitrogens with one attached hydrogen (secondary N) is 1. The molecule has 1 fully saturated rings. The Kier molecular flexibility index (Phi) is 2.97. The Hall–Kier alpha value is -2.37. The Balaban J connectivity index is 2.21. The van der Waals surface area contributed by atoms with Crippen LogP contribution in [0.5, 0.6) is 0 Å². The number of carboxylic acid groups (broad SMARTS) is 1. The standard InChI is InChI=1S/C15H16N2O4/c1-15(5-2-6-15)8-17-11-4-3-9(14(20)21)7-10(11)16-12(18)13(17)19/h3-4,7H,2,5-6,8H2,1H3,(H,16,18)(H,20,21). The number of carboxylic acids is 1. The largest absolute Gasteiger partial charge is 0.478 e. The van der Waals surface area contributed by atoms with Gasteiger partial charge in [-0.1, -0.05) is 13.3 Å². The predicted molar refractivity (Wildman–Crippen MR) is 77.7 cm³/mol. The van der Waals surface area contributed by atoms with Gasteiger partial charge in [-0.2, -0.15) is 0 Å². The second kappa shape index (κ2) is 4.58. The van der Waals surface area contributed by atoms with Crippen molar-refractivity contribution in [2.45, 2.75) is 32.7 Å². The molecule has 1 aromatic heterocycles. The van der Waals surface area contributed by atoms with Crippen LogP contribution >= 0.6 is 0 Å². The van der Waals surface area contributed by atoms with Gasteiger partial charge in [-0.25, -0.2) is 4.79 Å². The summed E-state index contributed by atoms with van der Waals surface area (Å²) < 4.78 is 1.47. The van der Waals surface area contributed by atoms with Gasteiger partial charge in [-0.05, 0) is 36.5 Å². The number of nitrogens with zero attached hydrogens (tertiary/aromatic N) is 1. The first-order valence-corrected chi connectivity index (χ1v) is 6.90. The van der Waals surface area contributed by atoms with Gasteiger partial charge in [0, 0.05) is 6.54 Å². The number of aromatic amines is 1. The van der Waals surface area contributed by atoms with Gasteiger partial charge in [0.25, 0.3) is 0 Å². The molecule has 3 rings (SSSR count). The van der Waals surface area contributed by atoms with E-state index in [-0.39, 0.29) is 11.0 Å². The maximum atomic E-state index is 12.1. The fourth-order valence-electron chi connectivity index (χ4n) is 2.89. The zero-order valence-electron chi connectivity index (χ0n) is 11.7. The Morgan fingerprint density at radius 1 is 1.38 bits per heavy atom. The first-order valence-electron chi connectivity index (χ1n) is 6.90. The molecule has 1 aliphatic carbocycles. The number of benzene rings is 1. The number of aromatic nitrogens is 2. The Morgan fingerprint density at radius 2 is 2.10 bits per heavy atom. The highest BCUT2D eigenvalue weighted by Crippen LogP contribution is 2.41. The van der Waals surface area contributed by atoms with Gasteiger partial charge in [-0.15, -0.1) is 0 Å². The third-order valence-corrected chi connectivity index (χ3v) is 4.32. The van der Waals surface area contributed by atoms with Crippen LogP contribution in [0.3, 0.4) is 0 Å². The van der Waals surface area contributed by atoms with Crippen LogP contribution in [0.1, 0.15) is 36.5 Å². The molecule has 1 saturated carbocycles. The van der Waals surface area contributed by atoms with Crippen LogP contribution in [-0.4, -0.2) is 20.6 Å². The molecule has 2 aromatic rings. The quantitative estimate of drug-likeness (QED) is 0.839. The molecule has 0 radical (unpaired) electrons. The molecule has 1 heterocycles. The average Bonchev–Trinajstić information content (AvgIpc) is 2.41. The normalized spacial score (nSPS) is 16.6. The van der Waals surface area contributed by atoms with Gasteiger partial charge < -0.3 is 14.7 Å². The zero-order chi connectivity index (χ0) is 15.2. The van der Waals surface area contributed by atoms with Crippen molar-refractivity contribution in [3.63, 3.8) is 0 Å². The molecule has 21 heavy (non-hydrogen) atoms. The molecule has 0 bridgehead atoms. The molecule has 2 N–H and O–H groups in total. The summed E-state index contributed by atoms with van der Waals surface area (Å²) in [5, 5.41) is 9.01. The van der Waals surface area contributed by atoms with E-state index in [1.165, 1.54) is 16.7 Å². The van der Waals surface area contributed by atoms with E-state index in [4.69, 9.17) is 5.11 Å². The van der Waals surface area contributed by atoms with Crippen molar-refractivity contribution in [1.82, 2.24) is 9.55 Å². The van der Waals surface area contributed by atoms with E-state index in [0.29, 0.717) is 17.6 Å². The monoisotopic (exact) mass is 288 g/mol. The molecule has 110 valence electrons. The summed E-state index contributed by atoms with van der Waals surface area (Å²) >= 11 is 0. The molecular weight excluding hydrogens is 272 g/mol. The van der Waals surface area contributed by atoms with Crippen LogP contribution in [0, 0.1) is 5.41 Å². The minimum absolute atomic E-state index is 0.0377. The third-order valence-electron chi connectivity index (χ3n) is 4.32. The van der Waals surface area contributed by atoms with Gasteiger partial charge in [0.15, 0.2) is 0 Å². The summed E-state index contributed by atoms with van der Waals surface area (Å²) in [6.45, 7) is 2.58. The number of fused-ring (bicyclic) bond motifs is 1. The van der Waals surface area contributed by atoms with Crippen molar-refractivity contribution in [2.24, 2.45) is 5.41 Å². The van der Waals surface area contributed by atoms with E-state index in [0.717, 1.165) is 19.3 Å². The minimum atomic E-state index is -1.07. The summed E-state index contributed by atoms with van der Waals surface area (Å²) in [4.78, 5) is 37.4. The molecule has 0 amide bonds. The molecular formula is C15H16N2O4. The molecule has 0 aliphatic heterocycles. The van der Waals surface area contributed by atoms with Crippen LogP contribution in [0.4, 0.5) is 0 Å². The lowest BCUT2D eigenvalue weighted by molar-refractivity contribution is 0.0697. The number of H-pyrrole nitrogens is 1. The predicted octanol–water partition coefficient (Wildman–Crippen LogP) is 1.58. The SMILES string of the molecule is CC1(Cn2c(=O)c(=O)[nH]c3cc(C(=O)O)ccc32)CCC1. The summed E-state index contributed by atoms with van der Waals surface area (Å²) in [5.74, 6) is -1.07. The van der Waals surface area contributed by atoms with Gasteiger partial charge in [0.05, 0.1) is 16.6 Å². The highest BCUT2D eigenvalue weighted by molar-refractivity contribution is 5.92. The fraction of sp³-hybridized carbons (Fsp3) is 0.400. The third kappa shape index (κ3) is 2.26. The second-order valence-corrected chi connectivity index (χ2v) is 6.05. The van der Waals surface area contributed by atoms with Crippen LogP contribution in [0.25, 0.3) is 11.0 Å². The number of carbonyl (C=O) groups is 1. The number of hydrogen-bond acceptors (Lipinski definition) is 3. The van der Waals surface area contributed by atoms with Crippen molar-refractivity contribution in [3.05, 3.63) is 44.5 Å². The Bertz CT molecular complexity index is 843. The Morgan fingerprint density at radius 3 is 2.67 bits per heavy atom. The van der Waals surface area contributed by atoms with E-state index in [1.54, 1.807) is 6.07 Å². The van der Waals surface area contributed by atoms with E-state index in [2.05, 4.69) is 11.9 Å². The van der Waals surface area contributed by atoms with Gasteiger partial charge >= 0.3 is 17.1 Å². The second-order valence-electron chi connectivity index (χ2n) is 6.05. The van der Waals surface area contributed by atoms with E-state index >= 15 is 0 Å². The van der Waals surface area contributed by atoms with Gasteiger partial charge in [0.1, 0.15) is 0 Å². The fourth-order valence-corrected chi connectivity index (χ4v) is 2.89. The van der Waals surface area contributed by atoms with Crippen molar-refractivity contribution >= 4 is 17.0 Å². The maximum Gasteiger partial charge on any atom is 0.335 e. The first kappa shape index (κ1) is 13.6. The van der Waals surface area contributed by atoms with E-state index in [1.807, 2.05) is 0 Å². The molecule has 0 atom stereocenters. The number of hydrogen-bond donors (Lipinski definition) is 2. The summed E-state index contributed by atoms with van der Waals surface area (Å²) in [6.07, 6.45) is 3.19. The van der Waals surface area contributed by atoms with Crippen LogP contribution in [0.15, 0.2) is 27.8 Å². The van der Waals surface area contributed by atoms with Crippen molar-refractivity contribution in [2.75, 3.05) is 0 Å². The molecule has 1 aromatic carbocycles. The first-order chi connectivity index (χ1) is 9.89. The van der Waals surface area contributed by atoms with Crippen LogP contribution < -0.4 is 11.1 Å². The highest BCUT2D eigenvalue weighted by atomic mass is 16.4. The highest BCUT2D eigenvalue weighted by Gasteiger charge is 2.33. The molecule has 0 spiro atoms. The number of rotatable bonds is 3. The topological polar surface area (TPSA) is 92.2 Å². The molecule has 0 saturated heterocycles. The van der Waals surface area contributed by atoms with Crippen LogP contribution in [0.2, 0.25) is 0 Å². The summed E-state index contributed by atoms with van der Waals surface area (Å²) in [6, 6.07) is 4.41. The number of aromatic carboxylic acids is 1. The molecule has 6 heteroatoms. The maximum absolute atomic E-state index is 12.1. The van der Waals surface area contributed by atoms with Crippen molar-refractivity contribution in [1.29, 1.82) is 0 Å². The van der Waals surface area contributed by atoms with E-state index in [9.17, 15) is 14.4 Å². The lowest BCUT2D eigenvalue weighted by atomic mass is 9.70. The Labute approximate surface area is 120 Å².